The fourth-order valence-corrected chi connectivity index (χ4v) is 1.40. The van der Waals surface area contributed by atoms with Gasteiger partial charge in [0.05, 0.1) is 18.8 Å². The molecule has 0 aromatic carbocycles. The van der Waals surface area contributed by atoms with Gasteiger partial charge in [0.1, 0.15) is 5.60 Å². The average molecular weight is 1130 g/mol. The van der Waals surface area contributed by atoms with Crippen molar-refractivity contribution in [1.82, 2.24) is 12.3 Å². The van der Waals surface area contributed by atoms with Crippen molar-refractivity contribution in [3.63, 3.8) is 0 Å². The molecule has 0 spiro atoms. The van der Waals surface area contributed by atoms with E-state index >= 15 is 0 Å². The molecule has 0 bridgehead atoms. The van der Waals surface area contributed by atoms with E-state index in [9.17, 15) is 44.1 Å². The Morgan fingerprint density at radius 1 is 0.452 bits per heavy atom. The summed E-state index contributed by atoms with van der Waals surface area (Å²) in [5.41, 5.74) is -5.71. The molecule has 0 unspecified atom stereocenters. The van der Waals surface area contributed by atoms with Crippen LogP contribution < -0.4 is 91.8 Å². The summed E-state index contributed by atoms with van der Waals surface area (Å²) in [6, 6.07) is 0. The van der Waals surface area contributed by atoms with Gasteiger partial charge in [-0.05, 0) is 6.92 Å². The molecule has 0 aromatic heterocycles. The molecule has 0 amide bonds. The standard InChI is InChI=1S/2C6H8O7.2C2H4O2.2Mg.2Mn.2H3N.2Na.4H2O4S/c2*7-3(8)1-6(13,5(11)12)2-4(9)10;2*1-2(3)4;;;;;;;;;4*1-5(2,3)4/h2*13H,1-2H2,(H,7,8)(H,9,10)(H,11,12);2*1H3,(H,3,4);;;;;2*1H3;;;4*(H2,1,2,3,4)/q;;;;4*+2;;;2*+1;;;;/p-10. The summed E-state index contributed by atoms with van der Waals surface area (Å²) in [5, 5.41) is 89.0. The molecule has 46 heteroatoms. The second kappa shape index (κ2) is 53.3. The minimum absolute atomic E-state index is 0. The number of quaternary nitrogens is 2. The van der Waals surface area contributed by atoms with Crippen molar-refractivity contribution in [1.29, 1.82) is 0 Å². The number of carboxylic acid groups (broad SMARTS) is 8. The number of hydrogen-bond donors (Lipinski definition) is 8. The van der Waals surface area contributed by atoms with E-state index in [2.05, 4.69) is 0 Å². The molecule has 0 aliphatic rings. The van der Waals surface area contributed by atoms with Gasteiger partial charge in [-0.1, -0.05) is 0 Å². The molecule has 14 N–H and O–H groups in total. The molecule has 0 fully saturated rings. The molecule has 0 aromatic rings. The van der Waals surface area contributed by atoms with Gasteiger partial charge in [-0.2, -0.15) is 0 Å². The maximum absolute atomic E-state index is 10.3. The third-order valence-electron chi connectivity index (χ3n) is 2.54. The van der Waals surface area contributed by atoms with E-state index < -0.39 is 126 Å². The minimum Gasteiger partial charge on any atom is -0.759 e. The fourth-order valence-electron chi connectivity index (χ4n) is 1.40. The smallest absolute Gasteiger partial charge is 0.759 e. The Hall–Kier alpha value is -0.349. The Balaban J connectivity index is -0.0000000287. The van der Waals surface area contributed by atoms with Gasteiger partial charge in [0.25, 0.3) is 5.97 Å². The van der Waals surface area contributed by atoms with Crippen LogP contribution in [0.25, 0.3) is 0 Å². The van der Waals surface area contributed by atoms with Crippen LogP contribution in [0.1, 0.15) is 39.5 Å². The maximum atomic E-state index is 10.3. The Morgan fingerprint density at radius 3 is 0.645 bits per heavy atom. The van der Waals surface area contributed by atoms with Gasteiger partial charge < -0.3 is 119 Å². The SMILES string of the molecule is CC(=O)O.CC(=O)[O-].O=C(O)CC(O)(CC(=O)O)C(=O)O.O=C([O-])CC(O)(CC(=O)[O-])C(=O)[O-].O=S(=O)([O-])[O-].O=S(=O)([O-])[O-].O=S(=O)([O-])[O-].O=S(=O)([O-])[O-].[Mg+2].[Mg+2].[Mn+2].[Mn+2].[NH4+].[NH4+].[Na+].[Na+]. The second-order valence-corrected chi connectivity index (χ2v) is 10.8. The average Bonchev–Trinajstić information content (AvgIpc) is 2.71. The molecule has 0 aliphatic carbocycles. The summed E-state index contributed by atoms with van der Waals surface area (Å²) in [5.74, 6) is -12.9. The van der Waals surface area contributed by atoms with Crippen LogP contribution in [0.4, 0.5) is 0 Å². The van der Waals surface area contributed by atoms with Crippen LogP contribution in [0.2, 0.25) is 0 Å². The molecule has 0 saturated carbocycles. The molecule has 36 nitrogen and oxygen atoms in total. The molecule has 350 valence electrons. The quantitative estimate of drug-likeness (QED) is 0.0572. The zero-order chi connectivity index (χ0) is 46.4. The zero-order valence-corrected chi connectivity index (χ0v) is 44.2. The summed E-state index contributed by atoms with van der Waals surface area (Å²) >= 11 is 0. The van der Waals surface area contributed by atoms with Gasteiger partial charge in [0.2, 0.25) is 0 Å². The number of carbonyl (C=O) groups is 8. The molecule has 0 aliphatic heterocycles. The predicted molar refractivity (Wildman–Crippen MR) is 156 cm³/mol. The minimum atomic E-state index is -5.17. The number of rotatable bonds is 10. The van der Waals surface area contributed by atoms with Crippen LogP contribution >= 0.6 is 0 Å². The van der Waals surface area contributed by atoms with Gasteiger partial charge in [-0.15, -0.1) is 0 Å². The van der Waals surface area contributed by atoms with Crippen LogP contribution in [-0.2, 0) is 114 Å². The van der Waals surface area contributed by atoms with Gasteiger partial charge >= 0.3 is 157 Å². The molecule has 62 heavy (non-hydrogen) atoms. The summed E-state index contributed by atoms with van der Waals surface area (Å²) in [6.07, 6.45) is -5.00. The van der Waals surface area contributed by atoms with E-state index in [4.69, 9.17) is 115 Å². The van der Waals surface area contributed by atoms with Crippen LogP contribution in [0, 0.1) is 0 Å². The maximum Gasteiger partial charge on any atom is 2.00 e. The monoisotopic (exact) mass is 1120 g/mol. The molecule has 0 heterocycles. The van der Waals surface area contributed by atoms with Crippen molar-refractivity contribution in [3.8, 4) is 0 Å². The first kappa shape index (κ1) is 109. The Bertz CT molecular complexity index is 1440. The first-order valence-corrected chi connectivity index (χ1v) is 16.1. The molecular weight excluding hydrogens is 1100 g/mol. The van der Waals surface area contributed by atoms with Crippen LogP contribution in [-0.4, -0.2) is 206 Å². The van der Waals surface area contributed by atoms with E-state index in [1.165, 1.54) is 0 Å². The first-order chi connectivity index (χ1) is 23.0. The molecular formula is C16H28Mg2Mn2N2Na2O34S4. The van der Waals surface area contributed by atoms with E-state index in [-0.39, 0.29) is 152 Å². The topological polar surface area (TPSA) is 744 Å². The number of carbonyl (C=O) groups excluding carboxylic acids is 4. The van der Waals surface area contributed by atoms with Crippen molar-refractivity contribution in [2.45, 2.75) is 50.7 Å². The second-order valence-electron chi connectivity index (χ2n) is 7.54. The summed E-state index contributed by atoms with van der Waals surface area (Å²) in [4.78, 5) is 78.4. The predicted octanol–water partition coefficient (Wildman–Crippen LogP) is -19.0. The van der Waals surface area contributed by atoms with Gasteiger partial charge in [-0.25, -0.2) is 4.79 Å². The van der Waals surface area contributed by atoms with Crippen molar-refractivity contribution in [2.75, 3.05) is 0 Å². The van der Waals surface area contributed by atoms with E-state index in [0.29, 0.717) is 0 Å². The Kier molecular flexibility index (Phi) is 93.5. The van der Waals surface area contributed by atoms with Gasteiger partial charge in [0.15, 0.2) is 5.60 Å². The van der Waals surface area contributed by atoms with Gasteiger partial charge in [0, 0.05) is 79.3 Å². The zero-order valence-electron chi connectivity index (χ0n) is 31.7. The third-order valence-corrected chi connectivity index (χ3v) is 2.54. The fraction of sp³-hybridized carbons (Fsp3) is 0.500. The van der Waals surface area contributed by atoms with Crippen LogP contribution in [0.3, 0.4) is 0 Å². The van der Waals surface area contributed by atoms with Crippen LogP contribution in [0.5, 0.6) is 0 Å². The molecule has 0 rings (SSSR count). The number of hydrogen-bond acceptors (Lipinski definition) is 30. The van der Waals surface area contributed by atoms with E-state index in [1.54, 1.807) is 0 Å². The van der Waals surface area contributed by atoms with E-state index in [0.717, 1.165) is 13.8 Å². The summed E-state index contributed by atoms with van der Waals surface area (Å²) in [7, 11) is -20.7. The summed E-state index contributed by atoms with van der Waals surface area (Å²) < 4.78 is 136. The van der Waals surface area contributed by atoms with E-state index in [1.807, 2.05) is 0 Å². The van der Waals surface area contributed by atoms with Crippen molar-refractivity contribution in [3.05, 3.63) is 0 Å². The normalized spacial score (nSPS) is 9.10. The van der Waals surface area contributed by atoms with Crippen molar-refractivity contribution in [2.24, 2.45) is 0 Å². The van der Waals surface area contributed by atoms with Gasteiger partial charge in [-0.3, -0.25) is 48.1 Å². The number of aliphatic hydroxyl groups is 2. The van der Waals surface area contributed by atoms with Crippen molar-refractivity contribution < 1.29 is 253 Å². The molecule has 0 atom stereocenters. The Morgan fingerprint density at radius 2 is 0.581 bits per heavy atom. The molecule has 2 radical (unpaired) electrons. The number of aliphatic carboxylic acids is 8. The third kappa shape index (κ3) is 205. The molecule has 0 saturated heterocycles. The van der Waals surface area contributed by atoms with Crippen molar-refractivity contribution >= 4 is 135 Å². The summed E-state index contributed by atoms with van der Waals surface area (Å²) in [6.45, 7) is 2.06. The van der Waals surface area contributed by atoms with Crippen LogP contribution in [0.15, 0.2) is 0 Å². The number of carboxylic acids is 8. The first-order valence-electron chi connectivity index (χ1n) is 10.8. The Labute approximate surface area is 446 Å². The largest absolute Gasteiger partial charge is 2.00 e.